The zero-order valence-corrected chi connectivity index (χ0v) is 12.6. The molecule has 1 aliphatic rings. The lowest BCUT2D eigenvalue weighted by Crippen LogP contribution is -2.38. The summed E-state index contributed by atoms with van der Waals surface area (Å²) in [5.41, 5.74) is 1.22. The van der Waals surface area contributed by atoms with Gasteiger partial charge in [-0.1, -0.05) is 24.6 Å². The third-order valence-corrected chi connectivity index (χ3v) is 3.93. The summed E-state index contributed by atoms with van der Waals surface area (Å²) in [5, 5.41) is 3.27. The molecule has 1 N–H and O–H groups in total. The number of nitrogens with zero attached hydrogens (tertiary/aromatic N) is 1. The lowest BCUT2D eigenvalue weighted by atomic mass is 9.97. The average Bonchev–Trinajstić information content (AvgIpc) is 2.86. The Hall–Kier alpha value is -1.55. The normalized spacial score (nSPS) is 21.8. The van der Waals surface area contributed by atoms with Gasteiger partial charge in [0.25, 0.3) is 0 Å². The number of carbonyl (C=O) groups excluding carboxylic acids is 1. The smallest absolute Gasteiger partial charge is 0.227 e. The number of likely N-dealkylation sites (N-methyl/N-ethyl adjacent to an activating group) is 1. The van der Waals surface area contributed by atoms with Gasteiger partial charge >= 0.3 is 0 Å². The van der Waals surface area contributed by atoms with Crippen LogP contribution in [0.2, 0.25) is 0 Å². The molecule has 1 fully saturated rings. The minimum atomic E-state index is 0.111. The number of benzene rings is 1. The first-order valence-corrected chi connectivity index (χ1v) is 7.23. The van der Waals surface area contributed by atoms with Crippen molar-refractivity contribution in [1.29, 1.82) is 0 Å². The fourth-order valence-corrected chi connectivity index (χ4v) is 2.47. The van der Waals surface area contributed by atoms with Crippen LogP contribution in [0.3, 0.4) is 0 Å². The van der Waals surface area contributed by atoms with Crippen LogP contribution in [0.1, 0.15) is 12.5 Å². The van der Waals surface area contributed by atoms with Crippen LogP contribution in [-0.2, 0) is 4.79 Å². The van der Waals surface area contributed by atoms with Crippen molar-refractivity contribution in [2.45, 2.75) is 13.8 Å². The van der Waals surface area contributed by atoms with Crippen LogP contribution in [0.4, 0.5) is 0 Å². The highest BCUT2D eigenvalue weighted by Gasteiger charge is 2.31. The molecular formula is C16H24N2O2. The van der Waals surface area contributed by atoms with Gasteiger partial charge in [0, 0.05) is 13.6 Å². The maximum atomic E-state index is 12.3. The summed E-state index contributed by atoms with van der Waals surface area (Å²) >= 11 is 0. The van der Waals surface area contributed by atoms with E-state index in [-0.39, 0.29) is 11.8 Å². The van der Waals surface area contributed by atoms with Crippen LogP contribution in [0.15, 0.2) is 24.3 Å². The summed E-state index contributed by atoms with van der Waals surface area (Å²) in [4.78, 5) is 14.1. The van der Waals surface area contributed by atoms with Crippen LogP contribution >= 0.6 is 0 Å². The summed E-state index contributed by atoms with van der Waals surface area (Å²) in [7, 11) is 1.85. The van der Waals surface area contributed by atoms with Crippen LogP contribution < -0.4 is 10.1 Å². The molecule has 20 heavy (non-hydrogen) atoms. The Bertz CT molecular complexity index is 444. The topological polar surface area (TPSA) is 41.6 Å². The number of amides is 1. The monoisotopic (exact) mass is 276 g/mol. The molecule has 1 heterocycles. The third kappa shape index (κ3) is 3.73. The van der Waals surface area contributed by atoms with Crippen molar-refractivity contribution in [2.24, 2.45) is 11.8 Å². The number of nitrogens with one attached hydrogen (secondary N) is 1. The molecule has 1 saturated heterocycles. The summed E-state index contributed by atoms with van der Waals surface area (Å²) in [6.07, 6.45) is 0. The Kier molecular flexibility index (Phi) is 5.01. The van der Waals surface area contributed by atoms with Crippen molar-refractivity contribution in [3.05, 3.63) is 29.8 Å². The molecule has 2 atom stereocenters. The van der Waals surface area contributed by atoms with Gasteiger partial charge in [-0.15, -0.1) is 0 Å². The Morgan fingerprint density at radius 1 is 1.35 bits per heavy atom. The van der Waals surface area contributed by atoms with Crippen molar-refractivity contribution in [3.63, 3.8) is 0 Å². The predicted molar refractivity (Wildman–Crippen MR) is 79.8 cm³/mol. The van der Waals surface area contributed by atoms with Crippen LogP contribution in [-0.4, -0.2) is 44.1 Å². The van der Waals surface area contributed by atoms with E-state index in [0.717, 1.165) is 18.8 Å². The minimum absolute atomic E-state index is 0.111. The van der Waals surface area contributed by atoms with Gasteiger partial charge in [0.05, 0.1) is 12.5 Å². The van der Waals surface area contributed by atoms with Crippen LogP contribution in [0, 0.1) is 18.8 Å². The molecule has 0 spiro atoms. The summed E-state index contributed by atoms with van der Waals surface area (Å²) in [6, 6.07) is 7.96. The van der Waals surface area contributed by atoms with Crippen molar-refractivity contribution in [3.8, 4) is 5.75 Å². The number of hydrogen-bond donors (Lipinski definition) is 1. The lowest BCUT2D eigenvalue weighted by Gasteiger charge is -2.23. The number of ether oxygens (including phenoxy) is 1. The summed E-state index contributed by atoms with van der Waals surface area (Å²) < 4.78 is 5.66. The van der Waals surface area contributed by atoms with E-state index < -0.39 is 0 Å². The molecule has 1 aromatic rings. The van der Waals surface area contributed by atoms with Gasteiger partial charge < -0.3 is 15.0 Å². The van der Waals surface area contributed by atoms with E-state index in [1.165, 1.54) is 5.56 Å². The Morgan fingerprint density at radius 2 is 2.05 bits per heavy atom. The highest BCUT2D eigenvalue weighted by Crippen LogP contribution is 2.18. The van der Waals surface area contributed by atoms with Crippen molar-refractivity contribution in [1.82, 2.24) is 10.2 Å². The van der Waals surface area contributed by atoms with E-state index in [0.29, 0.717) is 19.1 Å². The van der Waals surface area contributed by atoms with Gasteiger partial charge in [0.15, 0.2) is 0 Å². The molecule has 0 aromatic heterocycles. The third-order valence-electron chi connectivity index (χ3n) is 3.93. The van der Waals surface area contributed by atoms with E-state index in [4.69, 9.17) is 4.74 Å². The SMILES string of the molecule is Cc1ccc(OCCN(C)C(=O)C2CNCC2C)cc1. The standard InChI is InChI=1S/C16H24N2O2/c1-12-4-6-14(7-5-12)20-9-8-18(3)16(19)15-11-17-10-13(15)2/h4-7,13,15,17H,8-11H2,1-3H3. The molecule has 0 radical (unpaired) electrons. The molecule has 1 aromatic carbocycles. The van der Waals surface area contributed by atoms with Gasteiger partial charge in [0.1, 0.15) is 12.4 Å². The molecule has 4 nitrogen and oxygen atoms in total. The van der Waals surface area contributed by atoms with Gasteiger partial charge in [-0.25, -0.2) is 0 Å². The first-order valence-electron chi connectivity index (χ1n) is 7.23. The molecular weight excluding hydrogens is 252 g/mol. The largest absolute Gasteiger partial charge is 0.492 e. The Balaban J connectivity index is 1.75. The summed E-state index contributed by atoms with van der Waals surface area (Å²) in [6.45, 7) is 7.05. The van der Waals surface area contributed by atoms with Crippen LogP contribution in [0.25, 0.3) is 0 Å². The highest BCUT2D eigenvalue weighted by molar-refractivity contribution is 5.79. The molecule has 0 bridgehead atoms. The number of carbonyl (C=O) groups is 1. The van der Waals surface area contributed by atoms with Crippen LogP contribution in [0.5, 0.6) is 5.75 Å². The predicted octanol–water partition coefficient (Wildman–Crippen LogP) is 1.69. The molecule has 110 valence electrons. The van der Waals surface area contributed by atoms with Gasteiger partial charge in [-0.05, 0) is 31.5 Å². The van der Waals surface area contributed by atoms with E-state index in [2.05, 4.69) is 12.2 Å². The quantitative estimate of drug-likeness (QED) is 0.890. The van der Waals surface area contributed by atoms with E-state index in [9.17, 15) is 4.79 Å². The molecule has 1 aliphatic heterocycles. The first-order chi connectivity index (χ1) is 9.58. The maximum absolute atomic E-state index is 12.3. The average molecular weight is 276 g/mol. The zero-order valence-electron chi connectivity index (χ0n) is 12.6. The van der Waals surface area contributed by atoms with Crippen molar-refractivity contribution >= 4 is 5.91 Å². The second-order valence-electron chi connectivity index (χ2n) is 5.66. The minimum Gasteiger partial charge on any atom is -0.492 e. The molecule has 0 saturated carbocycles. The maximum Gasteiger partial charge on any atom is 0.227 e. The number of rotatable bonds is 5. The van der Waals surface area contributed by atoms with Crippen molar-refractivity contribution in [2.75, 3.05) is 33.3 Å². The second-order valence-corrected chi connectivity index (χ2v) is 5.66. The Labute approximate surface area is 121 Å². The fraction of sp³-hybridized carbons (Fsp3) is 0.562. The highest BCUT2D eigenvalue weighted by atomic mass is 16.5. The molecule has 4 heteroatoms. The molecule has 1 amide bonds. The van der Waals surface area contributed by atoms with E-state index >= 15 is 0 Å². The molecule has 2 rings (SSSR count). The zero-order chi connectivity index (χ0) is 14.5. The molecule has 0 aliphatic carbocycles. The Morgan fingerprint density at radius 3 is 2.65 bits per heavy atom. The summed E-state index contributed by atoms with van der Waals surface area (Å²) in [5.74, 6) is 1.60. The first kappa shape index (κ1) is 14.9. The fourth-order valence-electron chi connectivity index (χ4n) is 2.47. The van der Waals surface area contributed by atoms with Gasteiger partial charge in [-0.2, -0.15) is 0 Å². The number of hydrogen-bond acceptors (Lipinski definition) is 3. The van der Waals surface area contributed by atoms with Gasteiger partial charge in [-0.3, -0.25) is 4.79 Å². The second kappa shape index (κ2) is 6.75. The molecule has 2 unspecified atom stereocenters. The van der Waals surface area contributed by atoms with Gasteiger partial charge in [0.2, 0.25) is 5.91 Å². The van der Waals surface area contributed by atoms with Crippen molar-refractivity contribution < 1.29 is 9.53 Å². The van der Waals surface area contributed by atoms with E-state index in [1.807, 2.05) is 38.2 Å². The van der Waals surface area contributed by atoms with E-state index in [1.54, 1.807) is 4.90 Å². The lowest BCUT2D eigenvalue weighted by molar-refractivity contribution is -0.134. The number of aryl methyl sites for hydroxylation is 1.